The zero-order valence-electron chi connectivity index (χ0n) is 18.0. The summed E-state index contributed by atoms with van der Waals surface area (Å²) in [6.45, 7) is 2.60. The number of ether oxygens (including phenoxy) is 1. The SMILES string of the molecule is CCC(NC(=O)CCCCCn1c(=S)[nH]c2ccccc2c1=O)c1ccc(OC)cc1. The van der Waals surface area contributed by atoms with Crippen LogP contribution in [0.25, 0.3) is 10.9 Å². The third-order valence-electron chi connectivity index (χ3n) is 5.44. The normalized spacial score (nSPS) is 11.9. The zero-order valence-corrected chi connectivity index (χ0v) is 18.8. The van der Waals surface area contributed by atoms with Crippen molar-refractivity contribution in [1.82, 2.24) is 14.9 Å². The molecule has 3 aromatic rings. The van der Waals surface area contributed by atoms with Crippen molar-refractivity contribution in [3.05, 3.63) is 69.2 Å². The van der Waals surface area contributed by atoms with E-state index in [1.54, 1.807) is 17.7 Å². The lowest BCUT2D eigenvalue weighted by Crippen LogP contribution is -2.27. The van der Waals surface area contributed by atoms with Crippen molar-refractivity contribution in [2.24, 2.45) is 0 Å². The number of para-hydroxylation sites is 1. The highest BCUT2D eigenvalue weighted by molar-refractivity contribution is 7.71. The van der Waals surface area contributed by atoms with Gasteiger partial charge in [0.15, 0.2) is 4.77 Å². The van der Waals surface area contributed by atoms with Gasteiger partial charge in [-0.05, 0) is 61.3 Å². The molecule has 1 unspecified atom stereocenters. The largest absolute Gasteiger partial charge is 0.497 e. The van der Waals surface area contributed by atoms with E-state index in [4.69, 9.17) is 17.0 Å². The van der Waals surface area contributed by atoms with Crippen LogP contribution >= 0.6 is 12.2 Å². The van der Waals surface area contributed by atoms with Crippen LogP contribution in [0.2, 0.25) is 0 Å². The molecule has 3 rings (SSSR count). The molecule has 0 bridgehead atoms. The number of unbranched alkanes of at least 4 members (excludes halogenated alkanes) is 2. The first-order chi connectivity index (χ1) is 15.0. The van der Waals surface area contributed by atoms with E-state index >= 15 is 0 Å². The molecule has 0 aliphatic carbocycles. The van der Waals surface area contributed by atoms with Crippen molar-refractivity contribution in [2.45, 2.75) is 51.6 Å². The number of benzene rings is 2. The van der Waals surface area contributed by atoms with E-state index in [9.17, 15) is 9.59 Å². The smallest absolute Gasteiger partial charge is 0.262 e. The topological polar surface area (TPSA) is 76.1 Å². The van der Waals surface area contributed by atoms with Gasteiger partial charge >= 0.3 is 0 Å². The number of amides is 1. The Hall–Kier alpha value is -2.93. The first kappa shape index (κ1) is 22.7. The van der Waals surface area contributed by atoms with E-state index < -0.39 is 0 Å². The Kier molecular flexibility index (Phi) is 8.00. The van der Waals surface area contributed by atoms with Gasteiger partial charge in [0.1, 0.15) is 5.75 Å². The molecule has 0 saturated carbocycles. The number of hydrogen-bond acceptors (Lipinski definition) is 4. The van der Waals surface area contributed by atoms with Crippen LogP contribution in [0.3, 0.4) is 0 Å². The number of nitrogens with zero attached hydrogens (tertiary/aromatic N) is 1. The van der Waals surface area contributed by atoms with Crippen LogP contribution in [0.4, 0.5) is 0 Å². The molecule has 0 aliphatic heterocycles. The summed E-state index contributed by atoms with van der Waals surface area (Å²) in [5.41, 5.74) is 1.76. The second-order valence-corrected chi connectivity index (χ2v) is 7.93. The number of nitrogens with one attached hydrogen (secondary N) is 2. The molecule has 0 radical (unpaired) electrons. The highest BCUT2D eigenvalue weighted by Crippen LogP contribution is 2.20. The van der Waals surface area contributed by atoms with Gasteiger partial charge < -0.3 is 15.0 Å². The maximum Gasteiger partial charge on any atom is 0.262 e. The lowest BCUT2D eigenvalue weighted by atomic mass is 10.0. The van der Waals surface area contributed by atoms with Gasteiger partial charge in [0.2, 0.25) is 5.91 Å². The van der Waals surface area contributed by atoms with Crippen LogP contribution in [0, 0.1) is 4.77 Å². The van der Waals surface area contributed by atoms with Crippen LogP contribution in [-0.4, -0.2) is 22.6 Å². The molecule has 2 aromatic carbocycles. The number of methoxy groups -OCH3 is 1. The fourth-order valence-corrected chi connectivity index (χ4v) is 3.94. The molecule has 1 atom stereocenters. The standard InChI is InChI=1S/C24H29N3O3S/c1-3-20(17-12-14-18(30-2)15-13-17)25-22(28)11-5-4-8-16-27-23(29)19-9-6-7-10-21(19)26-24(27)31/h6-7,9-10,12-15,20H,3-5,8,11,16H2,1-2H3,(H,25,28)(H,26,31). The Labute approximate surface area is 187 Å². The molecule has 0 saturated heterocycles. The maximum absolute atomic E-state index is 12.7. The highest BCUT2D eigenvalue weighted by Gasteiger charge is 2.13. The summed E-state index contributed by atoms with van der Waals surface area (Å²) in [5, 5.41) is 3.75. The molecule has 6 nitrogen and oxygen atoms in total. The number of aromatic amines is 1. The predicted molar refractivity (Wildman–Crippen MR) is 126 cm³/mol. The minimum atomic E-state index is -0.0672. The minimum Gasteiger partial charge on any atom is -0.497 e. The number of rotatable bonds is 10. The molecular weight excluding hydrogens is 410 g/mol. The van der Waals surface area contributed by atoms with E-state index in [1.807, 2.05) is 42.5 Å². The van der Waals surface area contributed by atoms with E-state index in [0.717, 1.165) is 42.5 Å². The third kappa shape index (κ3) is 5.82. The zero-order chi connectivity index (χ0) is 22.2. The molecule has 164 valence electrons. The Balaban J connectivity index is 1.47. The second-order valence-electron chi connectivity index (χ2n) is 7.54. The van der Waals surface area contributed by atoms with Gasteiger partial charge in [-0.3, -0.25) is 14.2 Å². The fraction of sp³-hybridized carbons (Fsp3) is 0.375. The first-order valence-electron chi connectivity index (χ1n) is 10.7. The van der Waals surface area contributed by atoms with Gasteiger partial charge in [0.05, 0.1) is 24.1 Å². The molecule has 2 N–H and O–H groups in total. The van der Waals surface area contributed by atoms with Gasteiger partial charge in [-0.15, -0.1) is 0 Å². The van der Waals surface area contributed by atoms with E-state index in [2.05, 4.69) is 17.2 Å². The van der Waals surface area contributed by atoms with Gasteiger partial charge in [0, 0.05) is 13.0 Å². The Morgan fingerprint density at radius 2 is 1.87 bits per heavy atom. The number of H-pyrrole nitrogens is 1. The molecule has 1 aromatic heterocycles. The molecule has 31 heavy (non-hydrogen) atoms. The van der Waals surface area contributed by atoms with E-state index in [1.165, 1.54) is 0 Å². The van der Waals surface area contributed by atoms with Crippen LogP contribution in [0.5, 0.6) is 5.75 Å². The second kappa shape index (κ2) is 10.9. The molecular formula is C24H29N3O3S. The van der Waals surface area contributed by atoms with E-state index in [0.29, 0.717) is 23.1 Å². The van der Waals surface area contributed by atoms with Gasteiger partial charge in [-0.25, -0.2) is 0 Å². The average molecular weight is 440 g/mol. The number of carbonyl (C=O) groups excluding carboxylic acids is 1. The molecule has 1 heterocycles. The van der Waals surface area contributed by atoms with Gasteiger partial charge in [-0.2, -0.15) is 0 Å². The number of hydrogen-bond donors (Lipinski definition) is 2. The maximum atomic E-state index is 12.7. The lowest BCUT2D eigenvalue weighted by molar-refractivity contribution is -0.122. The van der Waals surface area contributed by atoms with Crippen molar-refractivity contribution < 1.29 is 9.53 Å². The average Bonchev–Trinajstić information content (AvgIpc) is 2.79. The number of fused-ring (bicyclic) bond motifs is 1. The van der Waals surface area contributed by atoms with Crippen LogP contribution in [0.1, 0.15) is 50.6 Å². The Morgan fingerprint density at radius 1 is 1.13 bits per heavy atom. The molecule has 7 heteroatoms. The van der Waals surface area contributed by atoms with Crippen LogP contribution in [0.15, 0.2) is 53.3 Å². The fourth-order valence-electron chi connectivity index (χ4n) is 3.66. The molecule has 0 spiro atoms. The van der Waals surface area contributed by atoms with Crippen molar-refractivity contribution in [1.29, 1.82) is 0 Å². The highest BCUT2D eigenvalue weighted by atomic mass is 32.1. The molecule has 0 fully saturated rings. The molecule has 1 amide bonds. The monoisotopic (exact) mass is 439 g/mol. The number of carbonyl (C=O) groups is 1. The summed E-state index contributed by atoms with van der Waals surface area (Å²) in [4.78, 5) is 28.2. The Morgan fingerprint density at radius 3 is 2.58 bits per heavy atom. The summed E-state index contributed by atoms with van der Waals surface area (Å²) in [7, 11) is 1.64. The minimum absolute atomic E-state index is 0.00658. The first-order valence-corrected chi connectivity index (χ1v) is 11.1. The van der Waals surface area contributed by atoms with Crippen molar-refractivity contribution >= 4 is 29.0 Å². The van der Waals surface area contributed by atoms with Gasteiger partial charge in [-0.1, -0.05) is 37.6 Å². The van der Waals surface area contributed by atoms with E-state index in [-0.39, 0.29) is 17.5 Å². The Bertz CT molecular complexity index is 1140. The summed E-state index contributed by atoms with van der Waals surface area (Å²) >= 11 is 5.34. The van der Waals surface area contributed by atoms with Crippen LogP contribution in [-0.2, 0) is 11.3 Å². The quantitative estimate of drug-likeness (QED) is 0.348. The molecule has 0 aliphatic rings. The summed E-state index contributed by atoms with van der Waals surface area (Å²) in [5.74, 6) is 0.845. The lowest BCUT2D eigenvalue weighted by Gasteiger charge is -2.18. The van der Waals surface area contributed by atoms with Crippen molar-refractivity contribution in [2.75, 3.05) is 7.11 Å². The third-order valence-corrected chi connectivity index (χ3v) is 5.76. The summed E-state index contributed by atoms with van der Waals surface area (Å²) in [6, 6.07) is 15.2. The predicted octanol–water partition coefficient (Wildman–Crippen LogP) is 4.90. The van der Waals surface area contributed by atoms with Crippen molar-refractivity contribution in [3.63, 3.8) is 0 Å². The van der Waals surface area contributed by atoms with Gasteiger partial charge in [0.25, 0.3) is 5.56 Å². The number of aromatic nitrogens is 2. The summed E-state index contributed by atoms with van der Waals surface area (Å²) in [6.07, 6.45) is 3.69. The van der Waals surface area contributed by atoms with Crippen molar-refractivity contribution in [3.8, 4) is 5.75 Å². The summed E-state index contributed by atoms with van der Waals surface area (Å²) < 4.78 is 7.23. The van der Waals surface area contributed by atoms with Crippen LogP contribution < -0.4 is 15.6 Å².